The number of nitrogens with zero attached hydrogens (tertiary/aromatic N) is 3. The maximum absolute atomic E-state index is 13.1. The lowest BCUT2D eigenvalue weighted by Crippen LogP contribution is -2.66. The van der Waals surface area contributed by atoms with Gasteiger partial charge in [-0.3, -0.25) is 4.79 Å². The topological polar surface area (TPSA) is 178 Å². The lowest BCUT2D eigenvalue weighted by atomic mass is 9.32. The minimum absolute atomic E-state index is 0.0113. The molecule has 0 unspecified atom stereocenters. The van der Waals surface area contributed by atoms with Crippen molar-refractivity contribution in [2.75, 3.05) is 6.61 Å². The Labute approximate surface area is 296 Å². The largest absolute Gasteiger partial charge is 0.481 e. The fraction of sp³-hybridized carbons (Fsp3) is 0.872. The van der Waals surface area contributed by atoms with Crippen LogP contribution in [0.5, 0.6) is 0 Å². The first-order valence-electron chi connectivity index (χ1n) is 19.2. The predicted octanol–water partition coefficient (Wildman–Crippen LogP) is 4.12. The Balaban J connectivity index is 1.20. The van der Waals surface area contributed by atoms with E-state index in [0.717, 1.165) is 51.4 Å². The molecule has 0 bridgehead atoms. The summed E-state index contributed by atoms with van der Waals surface area (Å²) in [5.41, 5.74) is 0.850. The fourth-order valence-corrected chi connectivity index (χ4v) is 13.5. The molecular weight excluding hydrogens is 638 g/mol. The highest BCUT2D eigenvalue weighted by Crippen LogP contribution is 2.76. The van der Waals surface area contributed by atoms with Crippen LogP contribution in [-0.4, -0.2) is 88.7 Å². The molecule has 1 aromatic rings. The van der Waals surface area contributed by atoms with E-state index in [9.17, 15) is 35.4 Å². The van der Waals surface area contributed by atoms with Crippen LogP contribution in [0.3, 0.4) is 0 Å². The number of aliphatic hydroxyl groups is 5. The highest BCUT2D eigenvalue weighted by Gasteiger charge is 2.70. The van der Waals surface area contributed by atoms with Crippen molar-refractivity contribution in [3.8, 4) is 0 Å². The van der Waals surface area contributed by atoms with E-state index in [-0.39, 0.29) is 33.5 Å². The summed E-state index contributed by atoms with van der Waals surface area (Å²) >= 11 is 0. The second kappa shape index (κ2) is 12.1. The number of hydrogen-bond donors (Lipinski definition) is 6. The van der Waals surface area contributed by atoms with Crippen LogP contribution in [0.15, 0.2) is 17.8 Å². The van der Waals surface area contributed by atoms with Gasteiger partial charge in [0.05, 0.1) is 30.0 Å². The molecule has 6 aliphatic rings. The van der Waals surface area contributed by atoms with E-state index >= 15 is 0 Å². The maximum atomic E-state index is 13.1. The van der Waals surface area contributed by atoms with Crippen LogP contribution in [0.25, 0.3) is 0 Å². The Morgan fingerprint density at radius 1 is 0.960 bits per heavy atom. The monoisotopic (exact) mass is 699 g/mol. The molecule has 280 valence electrons. The van der Waals surface area contributed by atoms with E-state index in [2.05, 4.69) is 64.9 Å². The van der Waals surface area contributed by atoms with Gasteiger partial charge in [-0.2, -0.15) is 0 Å². The smallest absolute Gasteiger partial charge is 0.310 e. The second-order valence-corrected chi connectivity index (χ2v) is 19.0. The summed E-state index contributed by atoms with van der Waals surface area (Å²) in [6.45, 7) is 16.0. The van der Waals surface area contributed by atoms with Gasteiger partial charge in [0, 0.05) is 0 Å². The number of carbonyl (C=O) groups is 1. The lowest BCUT2D eigenvalue weighted by Gasteiger charge is -2.72. The van der Waals surface area contributed by atoms with E-state index in [4.69, 9.17) is 4.74 Å². The first-order chi connectivity index (χ1) is 23.4. The van der Waals surface area contributed by atoms with Crippen molar-refractivity contribution >= 4 is 5.97 Å². The van der Waals surface area contributed by atoms with Crippen LogP contribution in [-0.2, 0) is 16.0 Å². The van der Waals surface area contributed by atoms with Crippen LogP contribution in [0.1, 0.15) is 112 Å². The van der Waals surface area contributed by atoms with Gasteiger partial charge in [-0.05, 0) is 115 Å². The summed E-state index contributed by atoms with van der Waals surface area (Å²) in [5.74, 6) is 0.859. The van der Waals surface area contributed by atoms with Gasteiger partial charge in [0.25, 0.3) is 0 Å². The molecule has 5 aliphatic carbocycles. The highest BCUT2D eigenvalue weighted by molar-refractivity contribution is 5.76. The summed E-state index contributed by atoms with van der Waals surface area (Å²) in [6, 6.07) is 0. The number of rotatable bonds is 5. The molecule has 1 saturated heterocycles. The highest BCUT2D eigenvalue weighted by atomic mass is 16.6. The molecule has 5 fully saturated rings. The number of carboxylic acids is 1. The number of hydrogen-bond acceptors (Lipinski definition) is 9. The van der Waals surface area contributed by atoms with Gasteiger partial charge >= 0.3 is 5.97 Å². The van der Waals surface area contributed by atoms with Crippen molar-refractivity contribution < 1.29 is 40.2 Å². The zero-order valence-corrected chi connectivity index (χ0v) is 31.0. The quantitative estimate of drug-likeness (QED) is 0.245. The van der Waals surface area contributed by atoms with E-state index in [0.29, 0.717) is 35.8 Å². The standard InChI is InChI=1S/C39H61N3O8/c1-20-10-13-39(34(48)49)15-14-37(6)24(28(39)21(20)2)8-9-27-36(5)17-22(32(47)35(3,4)26(36)11-12-38(27,37)7)16-23-18-42(41-40-23)33-31(46)30(45)29(44)25(19-43)50-33/h8,18,20-22,25-33,43-47H,9-17,19H2,1-7H3,(H,48,49)/t20-,21+,22-,25-,26+,27-,28+,29-,30+,31-,32+,33-,36+,37-,38-,39+/m1/s1. The molecule has 1 aliphatic heterocycles. The Hall–Kier alpha value is -1.89. The van der Waals surface area contributed by atoms with Gasteiger partial charge < -0.3 is 35.4 Å². The maximum Gasteiger partial charge on any atom is 0.310 e. The van der Waals surface area contributed by atoms with Crippen molar-refractivity contribution in [1.29, 1.82) is 0 Å². The minimum atomic E-state index is -1.52. The number of fused-ring (bicyclic) bond motifs is 7. The molecule has 7 rings (SSSR count). The van der Waals surface area contributed by atoms with Crippen molar-refractivity contribution in [3.05, 3.63) is 23.5 Å². The molecule has 0 amide bonds. The van der Waals surface area contributed by atoms with Gasteiger partial charge in [0.2, 0.25) is 0 Å². The fourth-order valence-electron chi connectivity index (χ4n) is 13.5. The van der Waals surface area contributed by atoms with Gasteiger partial charge in [-0.15, -0.1) is 5.10 Å². The Morgan fingerprint density at radius 3 is 2.36 bits per heavy atom. The molecule has 0 aromatic carbocycles. The van der Waals surface area contributed by atoms with Crippen molar-refractivity contribution in [2.24, 2.45) is 62.6 Å². The third kappa shape index (κ3) is 4.85. The summed E-state index contributed by atoms with van der Waals surface area (Å²) in [5, 5.41) is 72.3. The van der Waals surface area contributed by atoms with E-state index in [1.807, 2.05) is 0 Å². The molecule has 11 nitrogen and oxygen atoms in total. The third-order valence-corrected chi connectivity index (χ3v) is 16.6. The van der Waals surface area contributed by atoms with Gasteiger partial charge in [-0.1, -0.05) is 65.3 Å². The summed E-state index contributed by atoms with van der Waals surface area (Å²) < 4.78 is 7.05. The average Bonchev–Trinajstić information content (AvgIpc) is 3.52. The Bertz CT molecular complexity index is 1510. The molecule has 1 aromatic heterocycles. The number of aliphatic hydroxyl groups excluding tert-OH is 5. The molecule has 2 heterocycles. The number of aromatic nitrogens is 3. The van der Waals surface area contributed by atoms with Crippen LogP contribution in [0, 0.1) is 62.6 Å². The van der Waals surface area contributed by atoms with E-state index < -0.39 is 54.7 Å². The van der Waals surface area contributed by atoms with Crippen LogP contribution < -0.4 is 0 Å². The lowest BCUT2D eigenvalue weighted by molar-refractivity contribution is -0.254. The molecule has 0 spiro atoms. The summed E-state index contributed by atoms with van der Waals surface area (Å²) in [7, 11) is 0. The molecule has 11 heteroatoms. The van der Waals surface area contributed by atoms with Crippen molar-refractivity contribution in [1.82, 2.24) is 15.0 Å². The Kier molecular flexibility index (Phi) is 8.80. The first-order valence-corrected chi connectivity index (χ1v) is 19.2. The van der Waals surface area contributed by atoms with Crippen molar-refractivity contribution in [3.63, 3.8) is 0 Å². The first kappa shape index (κ1) is 36.5. The number of aliphatic carboxylic acids is 1. The average molecular weight is 700 g/mol. The summed E-state index contributed by atoms with van der Waals surface area (Å²) in [6.07, 6.45) is 4.67. The molecular formula is C39H61N3O8. The van der Waals surface area contributed by atoms with E-state index in [1.165, 1.54) is 10.3 Å². The SMILES string of the molecule is C[C@H]1[C@H](C)CC[C@]2(C(=O)O)CC[C@]3(C)C(=CC[C@@H]4[C@@]5(C)C[C@@H](Cc6cn([C@@H]7O[C@H](CO)[C@@H](O)[C@H](O)[C@H]7O)nn6)[C@H](O)C(C)(C)[C@@H]5CC[C@]43C)[C@H]12. The summed E-state index contributed by atoms with van der Waals surface area (Å²) in [4.78, 5) is 13.1. The molecule has 0 radical (unpaired) electrons. The second-order valence-electron chi connectivity index (χ2n) is 19.0. The number of carboxylic acid groups (broad SMARTS) is 1. The van der Waals surface area contributed by atoms with Crippen LogP contribution in [0.4, 0.5) is 0 Å². The van der Waals surface area contributed by atoms with Crippen molar-refractivity contribution in [2.45, 2.75) is 143 Å². The normalized spacial score (nSPS) is 51.4. The minimum Gasteiger partial charge on any atom is -0.481 e. The zero-order chi connectivity index (χ0) is 36.3. The zero-order valence-electron chi connectivity index (χ0n) is 31.0. The molecule has 16 atom stereocenters. The van der Waals surface area contributed by atoms with Gasteiger partial charge in [0.15, 0.2) is 6.23 Å². The van der Waals surface area contributed by atoms with Crippen LogP contribution in [0.2, 0.25) is 0 Å². The third-order valence-electron chi connectivity index (χ3n) is 16.6. The van der Waals surface area contributed by atoms with Gasteiger partial charge in [0.1, 0.15) is 24.4 Å². The van der Waals surface area contributed by atoms with Crippen LogP contribution >= 0.6 is 0 Å². The number of allylic oxidation sites excluding steroid dienone is 2. The van der Waals surface area contributed by atoms with Gasteiger partial charge in [-0.25, -0.2) is 4.68 Å². The molecule has 6 N–H and O–H groups in total. The molecule has 4 saturated carbocycles. The Morgan fingerprint density at radius 2 is 1.68 bits per heavy atom. The molecule has 50 heavy (non-hydrogen) atoms. The van der Waals surface area contributed by atoms with E-state index in [1.54, 1.807) is 6.20 Å². The predicted molar refractivity (Wildman–Crippen MR) is 184 cm³/mol. The number of ether oxygens (including phenoxy) is 1.